The molecule has 0 atom stereocenters. The highest BCUT2D eigenvalue weighted by Crippen LogP contribution is 2.39. The Bertz CT molecular complexity index is 1500. The van der Waals surface area contributed by atoms with E-state index in [1.54, 1.807) is 42.3 Å². The fourth-order valence-electron chi connectivity index (χ4n) is 4.56. The van der Waals surface area contributed by atoms with Crippen LogP contribution in [0.15, 0.2) is 78.8 Å². The number of aromatic carboxylic acids is 1. The summed E-state index contributed by atoms with van der Waals surface area (Å²) in [5.74, 6) is -1.73. The molecule has 0 fully saturated rings. The minimum Gasteiger partial charge on any atom is -0.477 e. The summed E-state index contributed by atoms with van der Waals surface area (Å²) >= 11 is 0. The number of benzene rings is 2. The standard InChI is InChI=1S/C28H22FN3O3/c1-16(11-17-12-25(28(34)35)32(2)15-17)26-22-13-21(23(29)14-24(22)31-27(26)33)20-5-3-18(4-6-20)19-7-9-30-10-8-19/h3-10,12-15H,11H2,1-2H3,(H,31,33)(H,34,35)/b26-16-. The number of carboxylic acid groups (broad SMARTS) is 1. The van der Waals surface area contributed by atoms with E-state index in [9.17, 15) is 14.7 Å². The maximum Gasteiger partial charge on any atom is 0.352 e. The fraction of sp³-hybridized carbons (Fsp3) is 0.107. The molecule has 1 aliphatic heterocycles. The lowest BCUT2D eigenvalue weighted by Crippen LogP contribution is -2.06. The molecule has 35 heavy (non-hydrogen) atoms. The average Bonchev–Trinajstić information content (AvgIpc) is 3.37. The van der Waals surface area contributed by atoms with Crippen LogP contribution in [-0.2, 0) is 18.3 Å². The highest BCUT2D eigenvalue weighted by atomic mass is 19.1. The van der Waals surface area contributed by atoms with Gasteiger partial charge in [-0.15, -0.1) is 0 Å². The predicted octanol–water partition coefficient (Wildman–Crippen LogP) is 5.56. The van der Waals surface area contributed by atoms with Gasteiger partial charge in [0.15, 0.2) is 0 Å². The van der Waals surface area contributed by atoms with Crippen molar-refractivity contribution in [2.45, 2.75) is 13.3 Å². The Morgan fingerprint density at radius 3 is 2.31 bits per heavy atom. The minimum atomic E-state index is -1.01. The number of hydrogen-bond donors (Lipinski definition) is 2. The second-order valence-corrected chi connectivity index (χ2v) is 8.63. The Morgan fingerprint density at radius 2 is 1.66 bits per heavy atom. The number of amides is 1. The van der Waals surface area contributed by atoms with Crippen LogP contribution >= 0.6 is 0 Å². The number of anilines is 1. The van der Waals surface area contributed by atoms with Crippen LogP contribution in [0.5, 0.6) is 0 Å². The third-order valence-corrected chi connectivity index (χ3v) is 6.24. The van der Waals surface area contributed by atoms with E-state index in [-0.39, 0.29) is 11.6 Å². The molecule has 0 radical (unpaired) electrons. The van der Waals surface area contributed by atoms with Gasteiger partial charge in [-0.1, -0.05) is 29.8 Å². The molecule has 174 valence electrons. The Morgan fingerprint density at radius 1 is 1.00 bits per heavy atom. The molecule has 2 aromatic heterocycles. The summed E-state index contributed by atoms with van der Waals surface area (Å²) in [6, 6.07) is 16.1. The van der Waals surface area contributed by atoms with Crippen LogP contribution < -0.4 is 5.32 Å². The van der Waals surface area contributed by atoms with Crippen LogP contribution in [0.2, 0.25) is 0 Å². The van der Waals surface area contributed by atoms with E-state index in [2.05, 4.69) is 10.3 Å². The first-order valence-electron chi connectivity index (χ1n) is 11.1. The molecular formula is C28H22FN3O3. The third-order valence-electron chi connectivity index (χ3n) is 6.24. The second-order valence-electron chi connectivity index (χ2n) is 8.63. The SMILES string of the molecule is C/C(Cc1cc(C(=O)O)n(C)c1)=C1/C(=O)Nc2cc(F)c(-c3ccc(-c4ccncc4)cc3)cc21. The quantitative estimate of drug-likeness (QED) is 0.377. The van der Waals surface area contributed by atoms with Crippen LogP contribution in [-0.4, -0.2) is 26.5 Å². The van der Waals surface area contributed by atoms with Crippen molar-refractivity contribution in [1.29, 1.82) is 0 Å². The molecule has 7 heteroatoms. The lowest BCUT2D eigenvalue weighted by Gasteiger charge is -2.10. The maximum atomic E-state index is 15.0. The molecule has 0 aliphatic carbocycles. The number of halogens is 1. The number of rotatable bonds is 5. The van der Waals surface area contributed by atoms with Crippen LogP contribution in [0.25, 0.3) is 27.8 Å². The Balaban J connectivity index is 1.51. The number of aryl methyl sites for hydroxylation is 1. The molecule has 1 amide bonds. The van der Waals surface area contributed by atoms with Crippen LogP contribution in [0.4, 0.5) is 10.1 Å². The number of allylic oxidation sites excluding steroid dienone is 1. The van der Waals surface area contributed by atoms with Gasteiger partial charge < -0.3 is 15.0 Å². The van der Waals surface area contributed by atoms with E-state index >= 15 is 4.39 Å². The molecule has 2 aromatic carbocycles. The molecule has 0 unspecified atom stereocenters. The van der Waals surface area contributed by atoms with Gasteiger partial charge in [0.1, 0.15) is 11.5 Å². The monoisotopic (exact) mass is 467 g/mol. The largest absolute Gasteiger partial charge is 0.477 e. The first-order chi connectivity index (χ1) is 16.8. The van der Waals surface area contributed by atoms with E-state index in [1.807, 2.05) is 43.3 Å². The van der Waals surface area contributed by atoms with E-state index in [0.29, 0.717) is 34.4 Å². The van der Waals surface area contributed by atoms with Crippen LogP contribution in [0.3, 0.4) is 0 Å². The lowest BCUT2D eigenvalue weighted by atomic mass is 9.94. The second kappa shape index (κ2) is 8.68. The maximum absolute atomic E-state index is 15.0. The predicted molar refractivity (Wildman–Crippen MR) is 132 cm³/mol. The van der Waals surface area contributed by atoms with E-state index in [1.165, 1.54) is 6.07 Å². The number of pyridine rings is 1. The molecule has 1 aliphatic rings. The van der Waals surface area contributed by atoms with Gasteiger partial charge in [0, 0.05) is 42.3 Å². The summed E-state index contributed by atoms with van der Waals surface area (Å²) in [5.41, 5.74) is 6.39. The van der Waals surface area contributed by atoms with Crippen molar-refractivity contribution >= 4 is 23.1 Å². The van der Waals surface area contributed by atoms with Crippen LogP contribution in [0.1, 0.15) is 28.5 Å². The fourth-order valence-corrected chi connectivity index (χ4v) is 4.56. The molecule has 4 aromatic rings. The molecule has 5 rings (SSSR count). The number of carboxylic acids is 1. The number of fused-ring (bicyclic) bond motifs is 1. The van der Waals surface area contributed by atoms with E-state index in [4.69, 9.17) is 0 Å². The Hall–Kier alpha value is -4.52. The molecule has 3 heterocycles. The summed E-state index contributed by atoms with van der Waals surface area (Å²) < 4.78 is 16.6. The Kier molecular flexibility index (Phi) is 5.53. The van der Waals surface area contributed by atoms with E-state index < -0.39 is 11.8 Å². The van der Waals surface area contributed by atoms with Crippen molar-refractivity contribution in [2.24, 2.45) is 7.05 Å². The zero-order chi connectivity index (χ0) is 24.7. The van der Waals surface area contributed by atoms with Crippen molar-refractivity contribution < 1.29 is 19.1 Å². The number of hydrogen-bond acceptors (Lipinski definition) is 3. The van der Waals surface area contributed by atoms with Crippen molar-refractivity contribution in [3.63, 3.8) is 0 Å². The lowest BCUT2D eigenvalue weighted by molar-refractivity contribution is -0.110. The summed E-state index contributed by atoms with van der Waals surface area (Å²) in [5, 5.41) is 12.1. The molecule has 0 saturated carbocycles. The summed E-state index contributed by atoms with van der Waals surface area (Å²) in [6.45, 7) is 1.84. The number of nitrogens with zero attached hydrogens (tertiary/aromatic N) is 2. The molecule has 6 nitrogen and oxygen atoms in total. The van der Waals surface area contributed by atoms with Gasteiger partial charge in [0.05, 0.1) is 5.69 Å². The Labute approximate surface area is 201 Å². The van der Waals surface area contributed by atoms with Gasteiger partial charge in [-0.25, -0.2) is 9.18 Å². The summed E-state index contributed by atoms with van der Waals surface area (Å²) in [4.78, 5) is 28.2. The van der Waals surface area contributed by atoms with Gasteiger partial charge in [-0.05, 0) is 65.9 Å². The summed E-state index contributed by atoms with van der Waals surface area (Å²) in [7, 11) is 1.67. The zero-order valence-corrected chi connectivity index (χ0v) is 19.2. The molecular weight excluding hydrogens is 445 g/mol. The van der Waals surface area contributed by atoms with Gasteiger partial charge in [-0.3, -0.25) is 9.78 Å². The molecule has 0 saturated heterocycles. The molecule has 0 bridgehead atoms. The first kappa shape index (κ1) is 22.3. The number of nitrogens with one attached hydrogen (secondary N) is 1. The van der Waals surface area contributed by atoms with Crippen LogP contribution in [0, 0.1) is 5.82 Å². The average molecular weight is 468 g/mol. The number of carbonyl (C=O) groups excluding carboxylic acids is 1. The van der Waals surface area contributed by atoms with Crippen molar-refractivity contribution in [3.8, 4) is 22.3 Å². The topological polar surface area (TPSA) is 84.2 Å². The van der Waals surface area contributed by atoms with Gasteiger partial charge in [0.25, 0.3) is 5.91 Å². The highest BCUT2D eigenvalue weighted by Gasteiger charge is 2.28. The number of aromatic nitrogens is 2. The van der Waals surface area contributed by atoms with Crippen molar-refractivity contribution in [3.05, 3.63) is 101 Å². The molecule has 0 spiro atoms. The zero-order valence-electron chi connectivity index (χ0n) is 19.2. The van der Waals surface area contributed by atoms with Gasteiger partial charge in [-0.2, -0.15) is 0 Å². The van der Waals surface area contributed by atoms with Gasteiger partial charge in [0.2, 0.25) is 0 Å². The third kappa shape index (κ3) is 4.12. The number of carbonyl (C=O) groups is 2. The molecule has 2 N–H and O–H groups in total. The minimum absolute atomic E-state index is 0.175. The smallest absolute Gasteiger partial charge is 0.352 e. The van der Waals surface area contributed by atoms with Crippen molar-refractivity contribution in [1.82, 2.24) is 9.55 Å². The first-order valence-corrected chi connectivity index (χ1v) is 11.1. The highest BCUT2D eigenvalue weighted by molar-refractivity contribution is 6.32. The van der Waals surface area contributed by atoms with Crippen molar-refractivity contribution in [2.75, 3.05) is 5.32 Å². The summed E-state index contributed by atoms with van der Waals surface area (Å²) in [6.07, 6.45) is 5.58. The normalized spacial score (nSPS) is 14.0. The van der Waals surface area contributed by atoms with Gasteiger partial charge >= 0.3 is 5.97 Å². The van der Waals surface area contributed by atoms with E-state index in [0.717, 1.165) is 22.3 Å².